The number of halogens is 1. The minimum atomic E-state index is -0.241. The van der Waals surface area contributed by atoms with Crippen LogP contribution in [0.15, 0.2) is 53.3 Å². The van der Waals surface area contributed by atoms with E-state index in [4.69, 9.17) is 4.42 Å². The van der Waals surface area contributed by atoms with E-state index in [9.17, 15) is 9.18 Å². The molecule has 1 atom stereocenters. The highest BCUT2D eigenvalue weighted by Gasteiger charge is 2.46. The van der Waals surface area contributed by atoms with Crippen molar-refractivity contribution in [3.8, 4) is 11.3 Å². The number of benzene rings is 1. The fourth-order valence-corrected chi connectivity index (χ4v) is 4.25. The molecule has 1 aromatic carbocycles. The molecule has 0 N–H and O–H groups in total. The van der Waals surface area contributed by atoms with Crippen LogP contribution in [0.1, 0.15) is 22.8 Å². The van der Waals surface area contributed by atoms with E-state index in [1.807, 2.05) is 11.1 Å². The van der Waals surface area contributed by atoms with E-state index in [1.54, 1.807) is 24.3 Å². The summed E-state index contributed by atoms with van der Waals surface area (Å²) in [6, 6.07) is 9.95. The van der Waals surface area contributed by atoms with Crippen molar-refractivity contribution < 1.29 is 13.6 Å². The van der Waals surface area contributed by atoms with Crippen molar-refractivity contribution in [2.45, 2.75) is 19.4 Å². The molecule has 5 rings (SSSR count). The van der Waals surface area contributed by atoms with E-state index in [2.05, 4.69) is 9.55 Å². The zero-order valence-electron chi connectivity index (χ0n) is 14.2. The lowest BCUT2D eigenvalue weighted by atomic mass is 9.86. The van der Waals surface area contributed by atoms with Crippen LogP contribution in [0.4, 0.5) is 4.39 Å². The molecule has 6 heteroatoms. The summed E-state index contributed by atoms with van der Waals surface area (Å²) in [7, 11) is 0. The van der Waals surface area contributed by atoms with Crippen molar-refractivity contribution in [2.75, 3.05) is 13.1 Å². The molecule has 0 bridgehead atoms. The highest BCUT2D eigenvalue weighted by atomic mass is 19.1. The first-order valence-electron chi connectivity index (χ1n) is 8.77. The molecule has 5 nitrogen and oxygen atoms in total. The number of imidazole rings is 1. The van der Waals surface area contributed by atoms with Crippen LogP contribution in [0.5, 0.6) is 0 Å². The summed E-state index contributed by atoms with van der Waals surface area (Å²) in [5, 5.41) is 0. The zero-order chi connectivity index (χ0) is 17.7. The summed E-state index contributed by atoms with van der Waals surface area (Å²) in [6.45, 7) is 2.27. The third kappa shape index (κ3) is 2.36. The van der Waals surface area contributed by atoms with Crippen LogP contribution in [-0.4, -0.2) is 33.4 Å². The summed E-state index contributed by atoms with van der Waals surface area (Å²) in [6.07, 6.45) is 5.19. The molecule has 0 radical (unpaired) electrons. The molecule has 2 aliphatic rings. The Labute approximate surface area is 150 Å². The Balaban J connectivity index is 1.38. The van der Waals surface area contributed by atoms with Crippen LogP contribution in [0, 0.1) is 11.2 Å². The van der Waals surface area contributed by atoms with Crippen LogP contribution < -0.4 is 0 Å². The molecule has 1 spiro atoms. The lowest BCUT2D eigenvalue weighted by molar-refractivity contribution is 0.0740. The van der Waals surface area contributed by atoms with Gasteiger partial charge in [-0.3, -0.25) is 4.79 Å². The van der Waals surface area contributed by atoms with Crippen molar-refractivity contribution in [2.24, 2.45) is 5.41 Å². The average Bonchev–Trinajstić information content (AvgIpc) is 3.40. The largest absolute Gasteiger partial charge is 0.459 e. The number of likely N-dealkylation sites (tertiary alicyclic amines) is 1. The quantitative estimate of drug-likeness (QED) is 0.711. The highest BCUT2D eigenvalue weighted by molar-refractivity contribution is 5.91. The maximum Gasteiger partial charge on any atom is 0.289 e. The fourth-order valence-electron chi connectivity index (χ4n) is 4.25. The predicted molar refractivity (Wildman–Crippen MR) is 93.0 cm³/mol. The summed E-state index contributed by atoms with van der Waals surface area (Å²) >= 11 is 0. The van der Waals surface area contributed by atoms with Gasteiger partial charge in [-0.15, -0.1) is 0 Å². The first kappa shape index (κ1) is 15.4. The molecule has 4 heterocycles. The summed E-state index contributed by atoms with van der Waals surface area (Å²) in [4.78, 5) is 19.0. The van der Waals surface area contributed by atoms with Crippen molar-refractivity contribution in [3.63, 3.8) is 0 Å². The van der Waals surface area contributed by atoms with E-state index in [-0.39, 0.29) is 17.1 Å². The van der Waals surface area contributed by atoms with Gasteiger partial charge in [0, 0.05) is 31.5 Å². The molecule has 1 amide bonds. The Morgan fingerprint density at radius 2 is 2.04 bits per heavy atom. The highest BCUT2D eigenvalue weighted by Crippen LogP contribution is 2.42. The number of rotatable bonds is 2. The van der Waals surface area contributed by atoms with Crippen LogP contribution in [0.2, 0.25) is 0 Å². The number of fused-ring (bicyclic) bond motifs is 1. The van der Waals surface area contributed by atoms with E-state index in [1.165, 1.54) is 18.4 Å². The SMILES string of the molecule is O=C(c1ccco1)N1CC[C@]2(Cc3ncc(-c4ccc(F)cc4)n3C2)C1. The molecule has 0 aliphatic carbocycles. The van der Waals surface area contributed by atoms with Gasteiger partial charge in [0.15, 0.2) is 5.76 Å². The zero-order valence-corrected chi connectivity index (χ0v) is 14.2. The topological polar surface area (TPSA) is 51.3 Å². The van der Waals surface area contributed by atoms with E-state index >= 15 is 0 Å². The lowest BCUT2D eigenvalue weighted by Crippen LogP contribution is -2.32. The standard InChI is InChI=1S/C20H18FN3O2/c21-15-5-3-14(4-6-15)16-11-22-18-10-20(13-24(16)18)7-8-23(12-20)19(25)17-2-1-9-26-17/h1-6,9,11H,7-8,10,12-13H2/t20-/m0/s1. The second kappa shape index (κ2) is 5.56. The maximum absolute atomic E-state index is 13.2. The smallest absolute Gasteiger partial charge is 0.289 e. The molecule has 2 aliphatic heterocycles. The molecular formula is C20H18FN3O2. The van der Waals surface area contributed by atoms with Gasteiger partial charge in [0.2, 0.25) is 0 Å². The van der Waals surface area contributed by atoms with Crippen molar-refractivity contribution in [3.05, 3.63) is 66.3 Å². The third-order valence-electron chi connectivity index (χ3n) is 5.56. The van der Waals surface area contributed by atoms with Crippen molar-refractivity contribution in [1.82, 2.24) is 14.5 Å². The number of nitrogens with zero attached hydrogens (tertiary/aromatic N) is 3. The van der Waals surface area contributed by atoms with Gasteiger partial charge in [0.05, 0.1) is 18.2 Å². The average molecular weight is 351 g/mol. The van der Waals surface area contributed by atoms with Crippen LogP contribution in [-0.2, 0) is 13.0 Å². The molecule has 1 saturated heterocycles. The number of carbonyl (C=O) groups excluding carboxylic acids is 1. The van der Waals surface area contributed by atoms with Crippen LogP contribution in [0.25, 0.3) is 11.3 Å². The van der Waals surface area contributed by atoms with Crippen molar-refractivity contribution >= 4 is 5.91 Å². The van der Waals surface area contributed by atoms with Gasteiger partial charge in [-0.2, -0.15) is 0 Å². The Morgan fingerprint density at radius 3 is 2.81 bits per heavy atom. The minimum absolute atomic E-state index is 0.0284. The number of furan rings is 1. The number of hydrogen-bond acceptors (Lipinski definition) is 3. The van der Waals surface area contributed by atoms with Crippen LogP contribution in [0.3, 0.4) is 0 Å². The van der Waals surface area contributed by atoms with Crippen LogP contribution >= 0.6 is 0 Å². The number of carbonyl (C=O) groups is 1. The van der Waals surface area contributed by atoms with Gasteiger partial charge in [0.25, 0.3) is 5.91 Å². The van der Waals surface area contributed by atoms with Gasteiger partial charge >= 0.3 is 0 Å². The summed E-state index contributed by atoms with van der Waals surface area (Å²) < 4.78 is 20.7. The fraction of sp³-hybridized carbons (Fsp3) is 0.300. The van der Waals surface area contributed by atoms with Gasteiger partial charge in [-0.05, 0) is 48.4 Å². The minimum Gasteiger partial charge on any atom is -0.459 e. The molecule has 2 aromatic heterocycles. The van der Waals surface area contributed by atoms with E-state index in [0.29, 0.717) is 12.3 Å². The maximum atomic E-state index is 13.2. The Bertz CT molecular complexity index is 962. The molecule has 3 aromatic rings. The Kier molecular flexibility index (Phi) is 3.29. The summed E-state index contributed by atoms with van der Waals surface area (Å²) in [5.41, 5.74) is 2.00. The molecule has 26 heavy (non-hydrogen) atoms. The number of hydrogen-bond donors (Lipinski definition) is 0. The number of amides is 1. The Morgan fingerprint density at radius 1 is 1.19 bits per heavy atom. The predicted octanol–water partition coefficient (Wildman–Crippen LogP) is 3.37. The normalized spacial score (nSPS) is 21.5. The molecular weight excluding hydrogens is 333 g/mol. The van der Waals surface area contributed by atoms with Gasteiger partial charge in [-0.25, -0.2) is 9.37 Å². The monoisotopic (exact) mass is 351 g/mol. The molecule has 132 valence electrons. The first-order valence-corrected chi connectivity index (χ1v) is 8.77. The Hall–Kier alpha value is -2.89. The molecule has 0 unspecified atom stereocenters. The van der Waals surface area contributed by atoms with Crippen molar-refractivity contribution in [1.29, 1.82) is 0 Å². The van der Waals surface area contributed by atoms with E-state index < -0.39 is 0 Å². The van der Waals surface area contributed by atoms with E-state index in [0.717, 1.165) is 43.0 Å². The van der Waals surface area contributed by atoms with Gasteiger partial charge in [0.1, 0.15) is 11.6 Å². The first-order chi connectivity index (χ1) is 12.6. The second-order valence-electron chi connectivity index (χ2n) is 7.28. The van der Waals surface area contributed by atoms with Gasteiger partial charge in [-0.1, -0.05) is 0 Å². The van der Waals surface area contributed by atoms with Gasteiger partial charge < -0.3 is 13.9 Å². The summed E-state index contributed by atoms with van der Waals surface area (Å²) in [5.74, 6) is 1.14. The molecule has 1 fully saturated rings. The second-order valence-corrected chi connectivity index (χ2v) is 7.28. The number of aromatic nitrogens is 2. The molecule has 0 saturated carbocycles. The third-order valence-corrected chi connectivity index (χ3v) is 5.56. The lowest BCUT2D eigenvalue weighted by Gasteiger charge is -2.23.